The Labute approximate surface area is 174 Å². The smallest absolute Gasteiger partial charge is 0.338 e. The first-order valence-electron chi connectivity index (χ1n) is 9.55. The number of esters is 1. The lowest BCUT2D eigenvalue weighted by Crippen LogP contribution is -2.47. The number of rotatable bonds is 5. The summed E-state index contributed by atoms with van der Waals surface area (Å²) in [7, 11) is 3.19. The SMILES string of the molecule is COc1ccc(C2NC(=O)N(Cc3ncc(C)c(OC)c3C)C3=C2C(=O)OC3)cc1. The zero-order chi connectivity index (χ0) is 21.4. The highest BCUT2D eigenvalue weighted by atomic mass is 16.5. The van der Waals surface area contributed by atoms with Crippen molar-refractivity contribution < 1.29 is 23.8 Å². The van der Waals surface area contributed by atoms with Crippen molar-refractivity contribution in [3.05, 3.63) is 64.1 Å². The van der Waals surface area contributed by atoms with Gasteiger partial charge in [0.2, 0.25) is 0 Å². The predicted molar refractivity (Wildman–Crippen MR) is 108 cm³/mol. The number of amides is 2. The highest BCUT2D eigenvalue weighted by molar-refractivity contribution is 5.97. The van der Waals surface area contributed by atoms with Gasteiger partial charge in [0, 0.05) is 17.3 Å². The average Bonchev–Trinajstić information content (AvgIpc) is 3.13. The topological polar surface area (TPSA) is 90.0 Å². The second-order valence-corrected chi connectivity index (χ2v) is 7.22. The number of benzene rings is 1. The van der Waals surface area contributed by atoms with Crippen LogP contribution in [-0.2, 0) is 16.1 Å². The van der Waals surface area contributed by atoms with Crippen molar-refractivity contribution in [1.82, 2.24) is 15.2 Å². The summed E-state index contributed by atoms with van der Waals surface area (Å²) in [5, 5.41) is 2.93. The van der Waals surface area contributed by atoms with Crippen molar-refractivity contribution in [3.8, 4) is 11.5 Å². The Morgan fingerprint density at radius 2 is 1.90 bits per heavy atom. The lowest BCUT2D eigenvalue weighted by Gasteiger charge is -2.33. The van der Waals surface area contributed by atoms with Crippen molar-refractivity contribution >= 4 is 12.0 Å². The average molecular weight is 409 g/mol. The number of nitrogens with one attached hydrogen (secondary N) is 1. The van der Waals surface area contributed by atoms with E-state index in [0.717, 1.165) is 22.4 Å². The molecule has 2 aromatic rings. The molecular weight excluding hydrogens is 386 g/mol. The Morgan fingerprint density at radius 3 is 2.57 bits per heavy atom. The van der Waals surface area contributed by atoms with Gasteiger partial charge >= 0.3 is 12.0 Å². The molecule has 1 unspecified atom stereocenters. The van der Waals surface area contributed by atoms with Crippen LogP contribution in [0.5, 0.6) is 11.5 Å². The van der Waals surface area contributed by atoms with E-state index < -0.39 is 12.0 Å². The van der Waals surface area contributed by atoms with E-state index in [2.05, 4.69) is 10.3 Å². The van der Waals surface area contributed by atoms with E-state index in [4.69, 9.17) is 14.2 Å². The molecule has 2 aliphatic heterocycles. The Balaban J connectivity index is 1.71. The summed E-state index contributed by atoms with van der Waals surface area (Å²) in [6.07, 6.45) is 1.72. The number of carbonyl (C=O) groups excluding carboxylic acids is 2. The summed E-state index contributed by atoms with van der Waals surface area (Å²) >= 11 is 0. The molecular formula is C22H23N3O5. The molecule has 0 saturated carbocycles. The van der Waals surface area contributed by atoms with Crippen LogP contribution in [0.1, 0.15) is 28.4 Å². The quantitative estimate of drug-likeness (QED) is 0.764. The maximum atomic E-state index is 13.0. The molecule has 3 heterocycles. The van der Waals surface area contributed by atoms with Crippen LogP contribution in [-0.4, -0.2) is 42.7 Å². The Hall–Kier alpha value is -3.55. The molecule has 1 aromatic carbocycles. The molecule has 4 rings (SSSR count). The zero-order valence-corrected chi connectivity index (χ0v) is 17.3. The Morgan fingerprint density at radius 1 is 1.17 bits per heavy atom. The Kier molecular flexibility index (Phi) is 5.07. The third kappa shape index (κ3) is 3.24. The molecule has 1 atom stereocenters. The van der Waals surface area contributed by atoms with Gasteiger partial charge in [-0.15, -0.1) is 0 Å². The fraction of sp³-hybridized carbons (Fsp3) is 0.318. The van der Waals surface area contributed by atoms with Crippen LogP contribution >= 0.6 is 0 Å². The number of urea groups is 1. The number of nitrogens with zero attached hydrogens (tertiary/aromatic N) is 2. The first-order valence-corrected chi connectivity index (χ1v) is 9.55. The van der Waals surface area contributed by atoms with E-state index in [-0.39, 0.29) is 19.2 Å². The first-order chi connectivity index (χ1) is 14.4. The summed E-state index contributed by atoms with van der Waals surface area (Å²) in [6.45, 7) is 4.08. The molecule has 0 aliphatic carbocycles. The molecule has 0 bridgehead atoms. The molecule has 30 heavy (non-hydrogen) atoms. The van der Waals surface area contributed by atoms with E-state index >= 15 is 0 Å². The number of carbonyl (C=O) groups is 2. The molecule has 2 amide bonds. The number of pyridine rings is 1. The zero-order valence-electron chi connectivity index (χ0n) is 17.3. The second-order valence-electron chi connectivity index (χ2n) is 7.22. The van der Waals surface area contributed by atoms with Crippen LogP contribution < -0.4 is 14.8 Å². The van der Waals surface area contributed by atoms with Gasteiger partial charge in [0.1, 0.15) is 18.1 Å². The molecule has 1 aromatic heterocycles. The van der Waals surface area contributed by atoms with Crippen molar-refractivity contribution in [3.63, 3.8) is 0 Å². The molecule has 8 heteroatoms. The third-order valence-corrected chi connectivity index (χ3v) is 5.51. The molecule has 156 valence electrons. The highest BCUT2D eigenvalue weighted by Gasteiger charge is 2.42. The Bertz CT molecular complexity index is 1050. The molecule has 0 radical (unpaired) electrons. The highest BCUT2D eigenvalue weighted by Crippen LogP contribution is 2.36. The predicted octanol–water partition coefficient (Wildman–Crippen LogP) is 2.79. The molecule has 0 saturated heterocycles. The van der Waals surface area contributed by atoms with Crippen LogP contribution in [0.2, 0.25) is 0 Å². The molecule has 2 aliphatic rings. The third-order valence-electron chi connectivity index (χ3n) is 5.51. The fourth-order valence-corrected chi connectivity index (χ4v) is 3.90. The number of aromatic nitrogens is 1. The minimum Gasteiger partial charge on any atom is -0.497 e. The van der Waals surface area contributed by atoms with Gasteiger partial charge in [-0.2, -0.15) is 0 Å². The van der Waals surface area contributed by atoms with Crippen molar-refractivity contribution in [2.75, 3.05) is 20.8 Å². The minimum absolute atomic E-state index is 0.0519. The van der Waals surface area contributed by atoms with E-state index in [1.54, 1.807) is 32.5 Å². The number of ether oxygens (including phenoxy) is 3. The number of methoxy groups -OCH3 is 2. The van der Waals surface area contributed by atoms with Gasteiger partial charge in [-0.1, -0.05) is 12.1 Å². The van der Waals surface area contributed by atoms with Crippen molar-refractivity contribution in [2.45, 2.75) is 26.4 Å². The van der Waals surface area contributed by atoms with Crippen LogP contribution in [0.4, 0.5) is 4.79 Å². The lowest BCUT2D eigenvalue weighted by molar-refractivity contribution is -0.136. The van der Waals surface area contributed by atoms with E-state index in [0.29, 0.717) is 22.7 Å². The normalized spacial score (nSPS) is 18.1. The van der Waals surface area contributed by atoms with Crippen LogP contribution in [0.3, 0.4) is 0 Å². The van der Waals surface area contributed by atoms with Gasteiger partial charge < -0.3 is 19.5 Å². The maximum absolute atomic E-state index is 13.0. The van der Waals surface area contributed by atoms with E-state index in [9.17, 15) is 9.59 Å². The summed E-state index contributed by atoms with van der Waals surface area (Å²) in [5.74, 6) is 1.00. The van der Waals surface area contributed by atoms with Crippen LogP contribution in [0, 0.1) is 13.8 Å². The van der Waals surface area contributed by atoms with Gasteiger partial charge in [-0.25, -0.2) is 9.59 Å². The van der Waals surface area contributed by atoms with E-state index in [1.807, 2.05) is 26.0 Å². The van der Waals surface area contributed by atoms with Crippen molar-refractivity contribution in [1.29, 1.82) is 0 Å². The maximum Gasteiger partial charge on any atom is 0.338 e. The summed E-state index contributed by atoms with van der Waals surface area (Å²) < 4.78 is 16.0. The number of aryl methyl sites for hydroxylation is 1. The van der Waals surface area contributed by atoms with Gasteiger partial charge in [-0.3, -0.25) is 9.88 Å². The minimum atomic E-state index is -0.578. The number of hydrogen-bond acceptors (Lipinski definition) is 6. The van der Waals surface area contributed by atoms with Gasteiger partial charge in [0.15, 0.2) is 0 Å². The van der Waals surface area contributed by atoms with Crippen molar-refractivity contribution in [2.24, 2.45) is 0 Å². The van der Waals surface area contributed by atoms with Gasteiger partial charge in [0.05, 0.1) is 43.8 Å². The van der Waals surface area contributed by atoms with Crippen LogP contribution in [0.15, 0.2) is 41.7 Å². The first kappa shape index (κ1) is 19.8. The molecule has 0 fully saturated rings. The number of hydrogen-bond donors (Lipinski definition) is 1. The van der Waals surface area contributed by atoms with E-state index in [1.165, 1.54) is 4.90 Å². The molecule has 1 N–H and O–H groups in total. The standard InChI is InChI=1S/C22H23N3O5/c1-12-9-23-16(13(2)20(12)29-4)10-25-17-11-30-21(26)18(17)19(24-22(25)27)14-5-7-15(28-3)8-6-14/h5-9,19H,10-11H2,1-4H3,(H,24,27). The second kappa shape index (κ2) is 7.70. The van der Waals surface area contributed by atoms with Crippen LogP contribution in [0.25, 0.3) is 0 Å². The fourth-order valence-electron chi connectivity index (χ4n) is 3.90. The number of cyclic esters (lactones) is 1. The van der Waals surface area contributed by atoms with Gasteiger partial charge in [-0.05, 0) is 31.5 Å². The van der Waals surface area contributed by atoms with Gasteiger partial charge in [0.25, 0.3) is 0 Å². The largest absolute Gasteiger partial charge is 0.497 e. The lowest BCUT2D eigenvalue weighted by atomic mass is 9.95. The molecule has 8 nitrogen and oxygen atoms in total. The summed E-state index contributed by atoms with van der Waals surface area (Å²) in [4.78, 5) is 31.5. The summed E-state index contributed by atoms with van der Waals surface area (Å²) in [6, 6.07) is 6.35. The molecule has 0 spiro atoms. The monoisotopic (exact) mass is 409 g/mol. The summed E-state index contributed by atoms with van der Waals surface area (Å²) in [5.41, 5.74) is 4.25.